The predicted molar refractivity (Wildman–Crippen MR) is 69.6 cm³/mol. The first-order valence-corrected chi connectivity index (χ1v) is 6.83. The molecule has 110 valence electrons. The maximum atomic E-state index is 10.9. The van der Waals surface area contributed by atoms with E-state index in [1.54, 1.807) is 6.07 Å². The monoisotopic (exact) mass is 320 g/mol. The molecule has 0 saturated carbocycles. The molecule has 5 atom stereocenters. The molecular formula is C10H12N2O6S2. The summed E-state index contributed by atoms with van der Waals surface area (Å²) in [6, 6.07) is 1.55. The van der Waals surface area contributed by atoms with Crippen molar-refractivity contribution in [1.82, 2.24) is 9.97 Å². The first-order chi connectivity index (χ1) is 9.40. The van der Waals surface area contributed by atoms with Crippen LogP contribution in [0, 0.1) is 4.64 Å². The number of carbonyl (C=O) groups is 1. The number of aromatic amines is 1. The fourth-order valence-electron chi connectivity index (χ4n) is 1.67. The Hall–Kier alpha value is -1.04. The van der Waals surface area contributed by atoms with Gasteiger partial charge in [0.25, 0.3) is 0 Å². The summed E-state index contributed by atoms with van der Waals surface area (Å²) in [7, 11) is 0. The van der Waals surface area contributed by atoms with E-state index < -0.39 is 35.8 Å². The molecule has 8 nitrogen and oxygen atoms in total. The van der Waals surface area contributed by atoms with Crippen molar-refractivity contribution < 1.29 is 30.0 Å². The number of rotatable bonds is 3. The summed E-state index contributed by atoms with van der Waals surface area (Å²) in [5, 5.41) is 38.2. The van der Waals surface area contributed by atoms with Gasteiger partial charge in [0.1, 0.15) is 28.4 Å². The predicted octanol–water partition coefficient (Wildman–Crippen LogP) is -0.877. The van der Waals surface area contributed by atoms with Crippen LogP contribution in [0.5, 0.6) is 0 Å². The second-order valence-corrected chi connectivity index (χ2v) is 5.62. The van der Waals surface area contributed by atoms with Gasteiger partial charge in [-0.15, -0.1) is 0 Å². The van der Waals surface area contributed by atoms with Gasteiger partial charge in [-0.05, 0) is 6.07 Å². The number of aliphatic carboxylic acids is 1. The van der Waals surface area contributed by atoms with Crippen LogP contribution in [0.4, 0.5) is 0 Å². The van der Waals surface area contributed by atoms with Gasteiger partial charge in [-0.25, -0.2) is 9.78 Å². The van der Waals surface area contributed by atoms with Crippen LogP contribution in [-0.4, -0.2) is 66.2 Å². The molecule has 0 aromatic carbocycles. The Kier molecular flexibility index (Phi) is 4.73. The molecule has 5 N–H and O–H groups in total. The molecule has 1 aliphatic heterocycles. The molecular weight excluding hydrogens is 308 g/mol. The average molecular weight is 320 g/mol. The van der Waals surface area contributed by atoms with Crippen LogP contribution < -0.4 is 0 Å². The molecule has 0 aliphatic carbocycles. The Labute approximate surface area is 122 Å². The Morgan fingerprint density at radius 1 is 1.35 bits per heavy atom. The summed E-state index contributed by atoms with van der Waals surface area (Å²) < 4.78 is 5.50. The van der Waals surface area contributed by atoms with Crippen LogP contribution in [0.2, 0.25) is 0 Å². The average Bonchev–Trinajstić information content (AvgIpc) is 2.39. The number of aliphatic hydroxyl groups excluding tert-OH is 3. The number of aliphatic hydroxyl groups is 3. The van der Waals surface area contributed by atoms with E-state index in [1.807, 2.05) is 0 Å². The molecule has 2 heterocycles. The van der Waals surface area contributed by atoms with Crippen LogP contribution in [0.15, 0.2) is 17.4 Å². The molecule has 0 radical (unpaired) electrons. The largest absolute Gasteiger partial charge is 0.479 e. The number of nitrogens with one attached hydrogen (secondary N) is 1. The Morgan fingerprint density at radius 3 is 2.65 bits per heavy atom. The highest BCUT2D eigenvalue weighted by Crippen LogP contribution is 2.31. The zero-order valence-corrected chi connectivity index (χ0v) is 11.5. The zero-order chi connectivity index (χ0) is 14.9. The van der Waals surface area contributed by atoms with Crippen molar-refractivity contribution in [3.8, 4) is 0 Å². The number of ether oxygens (including phenoxy) is 1. The summed E-state index contributed by atoms with van der Waals surface area (Å²) >= 11 is 5.78. The van der Waals surface area contributed by atoms with Crippen molar-refractivity contribution in [2.24, 2.45) is 0 Å². The third kappa shape index (κ3) is 3.16. The van der Waals surface area contributed by atoms with Gasteiger partial charge in [0.15, 0.2) is 11.3 Å². The summed E-state index contributed by atoms with van der Waals surface area (Å²) in [6.07, 6.45) is -4.99. The summed E-state index contributed by atoms with van der Waals surface area (Å²) in [4.78, 5) is 17.6. The number of H-pyrrole nitrogens is 1. The minimum Gasteiger partial charge on any atom is -0.479 e. The normalized spacial score (nSPS) is 33.9. The molecule has 0 spiro atoms. The second kappa shape index (κ2) is 6.16. The molecule has 1 fully saturated rings. The van der Waals surface area contributed by atoms with Crippen molar-refractivity contribution in [2.45, 2.75) is 35.0 Å². The maximum absolute atomic E-state index is 10.9. The van der Waals surface area contributed by atoms with Gasteiger partial charge in [-0.2, -0.15) is 0 Å². The Balaban J connectivity index is 2.18. The number of nitrogens with zero attached hydrogens (tertiary/aromatic N) is 1. The highest BCUT2D eigenvalue weighted by atomic mass is 32.2. The number of hydrogen-bond donors (Lipinski definition) is 5. The van der Waals surface area contributed by atoms with Crippen LogP contribution >= 0.6 is 24.0 Å². The van der Waals surface area contributed by atoms with E-state index >= 15 is 0 Å². The zero-order valence-electron chi connectivity index (χ0n) is 9.91. The first kappa shape index (κ1) is 15.4. The summed E-state index contributed by atoms with van der Waals surface area (Å²) in [5.41, 5.74) is -1.10. The fourth-order valence-corrected chi connectivity index (χ4v) is 2.88. The molecule has 0 unspecified atom stereocenters. The highest BCUT2D eigenvalue weighted by Gasteiger charge is 2.47. The lowest BCUT2D eigenvalue weighted by Crippen LogP contribution is -2.58. The lowest BCUT2D eigenvalue weighted by molar-refractivity contribution is -0.209. The maximum Gasteiger partial charge on any atom is 0.335 e. The second-order valence-electron chi connectivity index (χ2n) is 4.09. The lowest BCUT2D eigenvalue weighted by atomic mass is 10.0. The minimum absolute atomic E-state index is 0.300. The van der Waals surface area contributed by atoms with Gasteiger partial charge in [-0.1, -0.05) is 24.0 Å². The van der Waals surface area contributed by atoms with E-state index in [0.29, 0.717) is 9.80 Å². The number of carboxylic acids is 1. The molecule has 0 amide bonds. The van der Waals surface area contributed by atoms with Crippen molar-refractivity contribution >= 4 is 29.9 Å². The van der Waals surface area contributed by atoms with Crippen LogP contribution in [-0.2, 0) is 9.53 Å². The highest BCUT2D eigenvalue weighted by molar-refractivity contribution is 7.99. The third-order valence-corrected chi connectivity index (χ3v) is 3.98. The Bertz CT molecular complexity index is 553. The number of hydrogen-bond acceptors (Lipinski definition) is 8. The molecule has 1 aliphatic rings. The molecule has 0 bridgehead atoms. The first-order valence-electron chi connectivity index (χ1n) is 5.54. The van der Waals surface area contributed by atoms with E-state index in [1.165, 1.54) is 6.20 Å². The number of carboxylic acid groups (broad SMARTS) is 1. The summed E-state index contributed by atoms with van der Waals surface area (Å²) in [6.45, 7) is 0. The van der Waals surface area contributed by atoms with Gasteiger partial charge in [0, 0.05) is 6.20 Å². The number of aromatic nitrogens is 2. The van der Waals surface area contributed by atoms with E-state index in [2.05, 4.69) is 9.97 Å². The molecule has 20 heavy (non-hydrogen) atoms. The van der Waals surface area contributed by atoms with E-state index in [9.17, 15) is 20.1 Å². The molecule has 1 aromatic heterocycles. The number of thioether (sulfide) groups is 1. The molecule has 1 saturated heterocycles. The van der Waals surface area contributed by atoms with Gasteiger partial charge < -0.3 is 30.1 Å². The minimum atomic E-state index is -1.71. The van der Waals surface area contributed by atoms with Crippen LogP contribution in [0.25, 0.3) is 0 Å². The molecule has 2 rings (SSSR count). The fraction of sp³-hybridized carbons (Fsp3) is 0.500. The molecule has 1 aromatic rings. The van der Waals surface area contributed by atoms with Gasteiger partial charge >= 0.3 is 5.97 Å². The van der Waals surface area contributed by atoms with Crippen LogP contribution in [0.1, 0.15) is 0 Å². The van der Waals surface area contributed by atoms with E-state index in [4.69, 9.17) is 22.1 Å². The van der Waals surface area contributed by atoms with Crippen molar-refractivity contribution in [1.29, 1.82) is 0 Å². The lowest BCUT2D eigenvalue weighted by Gasteiger charge is -2.38. The summed E-state index contributed by atoms with van der Waals surface area (Å²) in [5.74, 6) is -1.43. The van der Waals surface area contributed by atoms with E-state index in [-0.39, 0.29) is 0 Å². The van der Waals surface area contributed by atoms with Crippen molar-refractivity contribution in [3.05, 3.63) is 16.9 Å². The van der Waals surface area contributed by atoms with Crippen molar-refractivity contribution in [2.75, 3.05) is 0 Å². The SMILES string of the molecule is O=C(O)[C@H]1O[C@@H](Sc2nccc(=S)[nH]2)[C@H](O)[C@@H](O)[C@@H]1O. The van der Waals surface area contributed by atoms with E-state index in [0.717, 1.165) is 11.8 Å². The van der Waals surface area contributed by atoms with Gasteiger partial charge in [-0.3, -0.25) is 0 Å². The smallest absolute Gasteiger partial charge is 0.335 e. The molecule has 10 heteroatoms. The third-order valence-electron chi connectivity index (χ3n) is 2.69. The quantitative estimate of drug-likeness (QED) is 0.355. The van der Waals surface area contributed by atoms with Gasteiger partial charge in [0.2, 0.25) is 0 Å². The van der Waals surface area contributed by atoms with Gasteiger partial charge in [0.05, 0.1) is 0 Å². The Morgan fingerprint density at radius 2 is 2.05 bits per heavy atom. The topological polar surface area (TPSA) is 136 Å². The standard InChI is InChI=1S/C10H12N2O6S2/c13-4-5(14)7(8(16)17)18-9(6(4)15)20-10-11-2-1-3(19)12-10/h1-2,4-7,9,13-15H,(H,16,17)(H,11,12,19)/t4-,5-,6+,7-,9-/m0/s1. The van der Waals surface area contributed by atoms with Crippen LogP contribution in [0.3, 0.4) is 0 Å². The van der Waals surface area contributed by atoms with Crippen molar-refractivity contribution in [3.63, 3.8) is 0 Å².